The lowest BCUT2D eigenvalue weighted by Crippen LogP contribution is -2.63. The average molecular weight is 1020 g/mol. The standard InChI is InChI=1S/C56H70FN7O8S/c1-34(2)39-10-7-8-11-40(39)41-12-9-13-47(41)63-32-56(33-63)22-24-62(25-23-56)37-15-16-42(49(26-37)72-50-29-43-44(57)30-58-53(43)60-45(50)17-14-35(3)70-6)54(65)61-73(68,69)38-27-48(64(66)67)52-51(28-38)71-31-46(59-52)36-18-20-55(4,5)21-19-36/h7-8,10-11,15-16,26-30,34-36,41,46-47,59H,9,12-14,17-25,31-33H2,1-6H3,(H,58,60)(H,61,65)/t35?,41-,46+,47-/m0/s1. The van der Waals surface area contributed by atoms with Gasteiger partial charge in [0.1, 0.15) is 29.6 Å². The highest BCUT2D eigenvalue weighted by molar-refractivity contribution is 7.90. The van der Waals surface area contributed by atoms with Gasteiger partial charge in [-0.3, -0.25) is 19.8 Å². The molecule has 15 nitrogen and oxygen atoms in total. The number of nitro groups is 1. The van der Waals surface area contributed by atoms with E-state index in [9.17, 15) is 23.3 Å². The number of nitrogens with zero attached hydrogens (tertiary/aromatic N) is 4. The van der Waals surface area contributed by atoms with Crippen molar-refractivity contribution in [1.82, 2.24) is 19.6 Å². The maximum absolute atomic E-state index is 15.1. The highest BCUT2D eigenvalue weighted by Gasteiger charge is 2.49. The molecule has 2 saturated heterocycles. The quantitative estimate of drug-likeness (QED) is 0.0668. The number of nitro benzene ring substituents is 1. The first-order valence-electron chi connectivity index (χ1n) is 26.3. The van der Waals surface area contributed by atoms with Gasteiger partial charge in [-0.25, -0.2) is 22.5 Å². The zero-order valence-corrected chi connectivity index (χ0v) is 43.8. The Morgan fingerprint density at radius 3 is 2.48 bits per heavy atom. The second-order valence-electron chi connectivity index (χ2n) is 22.7. The highest BCUT2D eigenvalue weighted by atomic mass is 32.2. The molecule has 4 fully saturated rings. The summed E-state index contributed by atoms with van der Waals surface area (Å²) in [4.78, 5) is 38.4. The van der Waals surface area contributed by atoms with Gasteiger partial charge in [-0.15, -0.1) is 0 Å². The van der Waals surface area contributed by atoms with Gasteiger partial charge in [0.15, 0.2) is 11.4 Å². The van der Waals surface area contributed by atoms with Crippen LogP contribution in [0.15, 0.2) is 71.8 Å². The molecule has 2 saturated carbocycles. The third-order valence-corrected chi connectivity index (χ3v) is 18.3. The number of fused-ring (bicyclic) bond motifs is 2. The third kappa shape index (κ3) is 10.4. The number of aromatic nitrogens is 2. The molecule has 5 aromatic rings. The van der Waals surface area contributed by atoms with E-state index in [2.05, 4.69) is 76.8 Å². The maximum atomic E-state index is 15.1. The molecule has 10 rings (SSSR count). The second-order valence-corrected chi connectivity index (χ2v) is 24.4. The fraction of sp³-hybridized carbons (Fsp3) is 0.536. The summed E-state index contributed by atoms with van der Waals surface area (Å²) in [5, 5.41) is 16.0. The lowest BCUT2D eigenvalue weighted by atomic mass is 9.70. The number of sulfonamides is 1. The van der Waals surface area contributed by atoms with Crippen molar-refractivity contribution in [1.29, 1.82) is 0 Å². The molecule has 5 aliphatic rings. The molecule has 0 radical (unpaired) electrons. The van der Waals surface area contributed by atoms with E-state index in [-0.39, 0.29) is 69.4 Å². The van der Waals surface area contributed by atoms with Crippen molar-refractivity contribution in [3.63, 3.8) is 0 Å². The number of halogens is 1. The molecule has 73 heavy (non-hydrogen) atoms. The highest BCUT2D eigenvalue weighted by Crippen LogP contribution is 2.50. The Labute approximate surface area is 428 Å². The molecule has 1 unspecified atom stereocenters. The Kier molecular flexibility index (Phi) is 14.0. The number of H-pyrrole nitrogens is 1. The second kappa shape index (κ2) is 20.2. The van der Waals surface area contributed by atoms with E-state index in [1.54, 1.807) is 19.2 Å². The lowest BCUT2D eigenvalue weighted by molar-refractivity contribution is -0.384. The minimum atomic E-state index is -4.73. The van der Waals surface area contributed by atoms with Crippen LogP contribution >= 0.6 is 0 Å². The summed E-state index contributed by atoms with van der Waals surface area (Å²) in [7, 11) is -3.11. The zero-order chi connectivity index (χ0) is 51.4. The number of rotatable bonds is 15. The van der Waals surface area contributed by atoms with E-state index < -0.39 is 37.3 Å². The topological polar surface area (TPSA) is 181 Å². The number of carbonyl (C=O) groups is 1. The number of aryl methyl sites for hydroxylation is 1. The fourth-order valence-electron chi connectivity index (χ4n) is 12.4. The van der Waals surface area contributed by atoms with Gasteiger partial charge >= 0.3 is 0 Å². The van der Waals surface area contributed by atoms with E-state index in [0.29, 0.717) is 42.1 Å². The minimum Gasteiger partial charge on any atom is -0.489 e. The van der Waals surface area contributed by atoms with E-state index >= 15 is 4.39 Å². The van der Waals surface area contributed by atoms with Crippen LogP contribution < -0.4 is 24.4 Å². The maximum Gasteiger partial charge on any atom is 0.297 e. The van der Waals surface area contributed by atoms with E-state index in [1.807, 2.05) is 6.92 Å². The number of piperidine rings is 1. The van der Waals surface area contributed by atoms with Crippen LogP contribution in [0.4, 0.5) is 21.5 Å². The fourth-order valence-corrected chi connectivity index (χ4v) is 13.4. The number of aromatic amines is 1. The largest absolute Gasteiger partial charge is 0.489 e. The van der Waals surface area contributed by atoms with Gasteiger partial charge in [0.05, 0.1) is 38.6 Å². The van der Waals surface area contributed by atoms with Gasteiger partial charge in [0.25, 0.3) is 21.6 Å². The summed E-state index contributed by atoms with van der Waals surface area (Å²) < 4.78 is 63.9. The summed E-state index contributed by atoms with van der Waals surface area (Å²) in [5.41, 5.74) is 4.54. The predicted octanol–water partition coefficient (Wildman–Crippen LogP) is 11.2. The zero-order valence-electron chi connectivity index (χ0n) is 43.0. The van der Waals surface area contributed by atoms with Crippen LogP contribution in [0.5, 0.6) is 17.2 Å². The SMILES string of the molecule is COC(C)CCc1nc2[nH]cc(F)c2cc1Oc1cc(N2CCC3(CC2)CN([C@H]2CCC[C@H]2c2ccccc2C(C)C)C3)ccc1C(=O)NS(=O)(=O)c1cc2c(c([N+](=O)[O-])c1)N[C@@H](C1CCC(C)(C)CC1)CO2. The van der Waals surface area contributed by atoms with Crippen molar-refractivity contribution < 1.29 is 36.7 Å². The molecule has 3 aliphatic heterocycles. The van der Waals surface area contributed by atoms with Gasteiger partial charge in [0.2, 0.25) is 0 Å². The Balaban J connectivity index is 0.904. The number of carbonyl (C=O) groups excluding carboxylic acids is 1. The van der Waals surface area contributed by atoms with Crippen molar-refractivity contribution in [2.24, 2.45) is 16.7 Å². The number of hydrogen-bond donors (Lipinski definition) is 3. The average Bonchev–Trinajstić information content (AvgIpc) is 4.00. The summed E-state index contributed by atoms with van der Waals surface area (Å²) in [6.07, 6.45) is 11.6. The van der Waals surface area contributed by atoms with Crippen molar-refractivity contribution in [2.75, 3.05) is 50.1 Å². The van der Waals surface area contributed by atoms with Crippen molar-refractivity contribution in [2.45, 2.75) is 140 Å². The number of ether oxygens (including phenoxy) is 3. The molecule has 1 amide bonds. The predicted molar refractivity (Wildman–Crippen MR) is 280 cm³/mol. The van der Waals surface area contributed by atoms with Crippen LogP contribution in [0.25, 0.3) is 11.0 Å². The molecule has 2 aliphatic carbocycles. The molecule has 0 bridgehead atoms. The molecule has 2 aromatic heterocycles. The van der Waals surface area contributed by atoms with Gasteiger partial charge in [-0.05, 0) is 129 Å². The molecular weight excluding hydrogens is 950 g/mol. The number of hydrogen-bond acceptors (Lipinski definition) is 12. The van der Waals surface area contributed by atoms with Crippen LogP contribution in [0.1, 0.15) is 138 Å². The van der Waals surface area contributed by atoms with Crippen molar-refractivity contribution in [3.05, 3.63) is 105 Å². The number of anilines is 2. The van der Waals surface area contributed by atoms with Crippen LogP contribution in [0.2, 0.25) is 0 Å². The Bertz CT molecular complexity index is 2990. The van der Waals surface area contributed by atoms with Gasteiger partial charge in [-0.2, -0.15) is 0 Å². The van der Waals surface area contributed by atoms with Gasteiger partial charge in [-0.1, -0.05) is 58.4 Å². The number of pyridine rings is 1. The lowest BCUT2D eigenvalue weighted by Gasteiger charge is -2.57. The van der Waals surface area contributed by atoms with Crippen molar-refractivity contribution >= 4 is 44.0 Å². The molecule has 4 atom stereocenters. The van der Waals surface area contributed by atoms with Gasteiger partial charge in [0, 0.05) is 69.4 Å². The van der Waals surface area contributed by atoms with Crippen LogP contribution in [0, 0.1) is 32.7 Å². The number of nitrogens with one attached hydrogen (secondary N) is 3. The summed E-state index contributed by atoms with van der Waals surface area (Å²) >= 11 is 0. The molecular formula is C56H70FN7O8S. The molecule has 1 spiro atoms. The molecule has 390 valence electrons. The summed E-state index contributed by atoms with van der Waals surface area (Å²) in [6, 6.07) is 18.1. The first-order valence-corrected chi connectivity index (χ1v) is 27.8. The summed E-state index contributed by atoms with van der Waals surface area (Å²) in [5.74, 6) is -0.0383. The van der Waals surface area contributed by atoms with E-state index in [4.69, 9.17) is 19.2 Å². The smallest absolute Gasteiger partial charge is 0.297 e. The number of amides is 1. The van der Waals surface area contributed by atoms with Crippen LogP contribution in [0.3, 0.4) is 0 Å². The van der Waals surface area contributed by atoms with Gasteiger partial charge < -0.3 is 29.4 Å². The third-order valence-electron chi connectivity index (χ3n) is 17.0. The van der Waals surface area contributed by atoms with Crippen molar-refractivity contribution in [3.8, 4) is 17.2 Å². The first kappa shape index (κ1) is 50.7. The van der Waals surface area contributed by atoms with Crippen LogP contribution in [-0.4, -0.2) is 92.2 Å². The Hall–Kier alpha value is -5.78. The monoisotopic (exact) mass is 1020 g/mol. The number of likely N-dealkylation sites (tertiary alicyclic amines) is 1. The van der Waals surface area contributed by atoms with Crippen LogP contribution in [-0.2, 0) is 21.2 Å². The normalized spacial score (nSPS) is 22.4. The van der Waals surface area contributed by atoms with E-state index in [0.717, 1.165) is 76.5 Å². The molecule has 3 aromatic carbocycles. The number of methoxy groups -OCH3 is 1. The molecule has 5 heterocycles. The summed E-state index contributed by atoms with van der Waals surface area (Å²) in [6.45, 7) is 14.9. The van der Waals surface area contributed by atoms with E-state index in [1.165, 1.54) is 54.8 Å². The Morgan fingerprint density at radius 1 is 1.00 bits per heavy atom. The minimum absolute atomic E-state index is 0.0195. The Morgan fingerprint density at radius 2 is 1.75 bits per heavy atom. The number of benzene rings is 3. The molecule has 17 heteroatoms. The molecule has 3 N–H and O–H groups in total. The first-order chi connectivity index (χ1) is 34.9.